The lowest BCUT2D eigenvalue weighted by Crippen LogP contribution is -2.47. The highest BCUT2D eigenvalue weighted by Crippen LogP contribution is 2.15. The van der Waals surface area contributed by atoms with Gasteiger partial charge in [-0.05, 0) is 23.8 Å². The molecule has 1 saturated heterocycles. The van der Waals surface area contributed by atoms with Crippen LogP contribution in [0.3, 0.4) is 0 Å². The van der Waals surface area contributed by atoms with Crippen LogP contribution >= 0.6 is 0 Å². The molecule has 0 aliphatic carbocycles. The van der Waals surface area contributed by atoms with Crippen LogP contribution in [-0.2, 0) is 11.3 Å². The zero-order valence-corrected chi connectivity index (χ0v) is 11.9. The minimum absolute atomic E-state index is 0.148. The summed E-state index contributed by atoms with van der Waals surface area (Å²) in [6, 6.07) is 10.4. The molecular weight excluding hydrogens is 266 g/mol. The number of rotatable bonds is 4. The predicted octanol–water partition coefficient (Wildman–Crippen LogP) is 1.44. The van der Waals surface area contributed by atoms with Crippen LogP contribution in [0.1, 0.15) is 5.56 Å². The van der Waals surface area contributed by atoms with E-state index in [1.54, 1.807) is 0 Å². The second kappa shape index (κ2) is 6.20. The summed E-state index contributed by atoms with van der Waals surface area (Å²) in [6.07, 6.45) is 1.81. The summed E-state index contributed by atoms with van der Waals surface area (Å²) in [6.45, 7) is 4.53. The van der Waals surface area contributed by atoms with E-state index in [0.717, 1.165) is 38.2 Å². The lowest BCUT2D eigenvalue weighted by molar-refractivity contribution is -0.138. The molecule has 0 unspecified atom stereocenters. The number of pyridine rings is 1. The van der Waals surface area contributed by atoms with Gasteiger partial charge in [0.05, 0.1) is 12.1 Å². The molecule has 0 radical (unpaired) electrons. The number of carbonyl (C=O) groups is 1. The first-order valence-corrected chi connectivity index (χ1v) is 7.21. The van der Waals surface area contributed by atoms with E-state index in [-0.39, 0.29) is 6.54 Å². The first-order valence-electron chi connectivity index (χ1n) is 7.21. The third kappa shape index (κ3) is 3.56. The topological polar surface area (TPSA) is 56.7 Å². The first kappa shape index (κ1) is 14.0. The standard InChI is InChI=1S/C16H19N3O2/c20-16(21)12-19-8-6-18(7-9-19)11-13-3-4-15-14(10-13)2-1-5-17-15/h1-5,10H,6-9,11-12H2,(H,20,21). The Hall–Kier alpha value is -1.98. The molecule has 0 spiro atoms. The molecule has 1 N–H and O–H groups in total. The van der Waals surface area contributed by atoms with Crippen LogP contribution in [0.4, 0.5) is 0 Å². The third-order valence-corrected chi connectivity index (χ3v) is 3.90. The van der Waals surface area contributed by atoms with E-state index in [2.05, 4.69) is 34.1 Å². The Labute approximate surface area is 123 Å². The van der Waals surface area contributed by atoms with Gasteiger partial charge >= 0.3 is 5.97 Å². The SMILES string of the molecule is O=C(O)CN1CCN(Cc2ccc3ncccc3c2)CC1. The molecule has 1 aromatic heterocycles. The van der Waals surface area contributed by atoms with Gasteiger partial charge in [0.2, 0.25) is 0 Å². The second-order valence-electron chi connectivity index (χ2n) is 5.48. The Morgan fingerprint density at radius 2 is 1.90 bits per heavy atom. The van der Waals surface area contributed by atoms with Crippen molar-refractivity contribution in [3.8, 4) is 0 Å². The Morgan fingerprint density at radius 3 is 2.67 bits per heavy atom. The average Bonchev–Trinajstić information content (AvgIpc) is 2.49. The number of piperazine rings is 1. The molecule has 1 aliphatic heterocycles. The highest BCUT2D eigenvalue weighted by atomic mass is 16.4. The minimum Gasteiger partial charge on any atom is -0.480 e. The van der Waals surface area contributed by atoms with Crippen LogP contribution in [0.2, 0.25) is 0 Å². The molecule has 2 heterocycles. The molecule has 0 amide bonds. The van der Waals surface area contributed by atoms with Crippen molar-refractivity contribution in [3.63, 3.8) is 0 Å². The second-order valence-corrected chi connectivity index (χ2v) is 5.48. The van der Waals surface area contributed by atoms with E-state index in [0.29, 0.717) is 0 Å². The quantitative estimate of drug-likeness (QED) is 0.921. The maximum absolute atomic E-state index is 10.7. The number of carboxylic acids is 1. The van der Waals surface area contributed by atoms with Crippen LogP contribution in [0.5, 0.6) is 0 Å². The lowest BCUT2D eigenvalue weighted by Gasteiger charge is -2.33. The molecule has 5 nitrogen and oxygen atoms in total. The fourth-order valence-corrected chi connectivity index (χ4v) is 2.78. The van der Waals surface area contributed by atoms with Gasteiger partial charge in [0.1, 0.15) is 0 Å². The summed E-state index contributed by atoms with van der Waals surface area (Å²) in [4.78, 5) is 19.4. The number of nitrogens with zero attached hydrogens (tertiary/aromatic N) is 3. The monoisotopic (exact) mass is 285 g/mol. The van der Waals surface area contributed by atoms with Crippen molar-refractivity contribution in [2.24, 2.45) is 0 Å². The van der Waals surface area contributed by atoms with Gasteiger partial charge in [-0.2, -0.15) is 0 Å². The highest BCUT2D eigenvalue weighted by molar-refractivity contribution is 5.78. The van der Waals surface area contributed by atoms with Crippen LogP contribution in [0.25, 0.3) is 10.9 Å². The van der Waals surface area contributed by atoms with Gasteiger partial charge in [-0.1, -0.05) is 12.1 Å². The van der Waals surface area contributed by atoms with Crippen LogP contribution < -0.4 is 0 Å². The van der Waals surface area contributed by atoms with Gasteiger partial charge in [0.25, 0.3) is 0 Å². The third-order valence-electron chi connectivity index (χ3n) is 3.90. The van der Waals surface area contributed by atoms with Gasteiger partial charge in [-0.25, -0.2) is 0 Å². The van der Waals surface area contributed by atoms with E-state index in [9.17, 15) is 4.79 Å². The van der Waals surface area contributed by atoms with Crippen molar-refractivity contribution in [2.75, 3.05) is 32.7 Å². The summed E-state index contributed by atoms with van der Waals surface area (Å²) < 4.78 is 0. The van der Waals surface area contributed by atoms with Crippen LogP contribution in [0.15, 0.2) is 36.5 Å². The molecule has 5 heteroatoms. The van der Waals surface area contributed by atoms with Gasteiger partial charge in [-0.3, -0.25) is 19.6 Å². The van der Waals surface area contributed by atoms with Crippen molar-refractivity contribution < 1.29 is 9.90 Å². The van der Waals surface area contributed by atoms with Crippen molar-refractivity contribution in [2.45, 2.75) is 6.54 Å². The van der Waals surface area contributed by atoms with Crippen molar-refractivity contribution in [1.82, 2.24) is 14.8 Å². The summed E-state index contributed by atoms with van der Waals surface area (Å²) in [5.74, 6) is -0.745. The van der Waals surface area contributed by atoms with Gasteiger partial charge < -0.3 is 5.11 Å². The molecule has 0 bridgehead atoms. The molecule has 21 heavy (non-hydrogen) atoms. The van der Waals surface area contributed by atoms with Gasteiger partial charge in [0, 0.05) is 44.3 Å². The first-order chi connectivity index (χ1) is 10.2. The Balaban J connectivity index is 1.60. The fourth-order valence-electron chi connectivity index (χ4n) is 2.78. The van der Waals surface area contributed by atoms with Gasteiger partial charge in [-0.15, -0.1) is 0 Å². The number of benzene rings is 1. The van der Waals surface area contributed by atoms with Crippen molar-refractivity contribution in [1.29, 1.82) is 0 Å². The molecule has 1 aromatic carbocycles. The number of aliphatic carboxylic acids is 1. The van der Waals surface area contributed by atoms with E-state index < -0.39 is 5.97 Å². The predicted molar refractivity (Wildman–Crippen MR) is 81.1 cm³/mol. The Morgan fingerprint density at radius 1 is 1.14 bits per heavy atom. The molecule has 2 aromatic rings. The minimum atomic E-state index is -0.745. The molecule has 110 valence electrons. The van der Waals surface area contributed by atoms with Gasteiger partial charge in [0.15, 0.2) is 0 Å². The maximum atomic E-state index is 10.7. The molecular formula is C16H19N3O2. The largest absolute Gasteiger partial charge is 0.480 e. The molecule has 3 rings (SSSR count). The van der Waals surface area contributed by atoms with E-state index in [1.807, 2.05) is 17.2 Å². The number of hydrogen-bond donors (Lipinski definition) is 1. The summed E-state index contributed by atoms with van der Waals surface area (Å²) in [5, 5.41) is 9.97. The molecule has 0 saturated carbocycles. The maximum Gasteiger partial charge on any atom is 0.317 e. The lowest BCUT2D eigenvalue weighted by atomic mass is 10.1. The normalized spacial score (nSPS) is 17.1. The average molecular weight is 285 g/mol. The molecule has 1 fully saturated rings. The van der Waals surface area contributed by atoms with E-state index >= 15 is 0 Å². The Bertz CT molecular complexity index is 636. The zero-order chi connectivity index (χ0) is 14.7. The Kier molecular flexibility index (Phi) is 4.13. The molecule has 1 aliphatic rings. The fraction of sp³-hybridized carbons (Fsp3) is 0.375. The zero-order valence-electron chi connectivity index (χ0n) is 11.9. The number of carboxylic acid groups (broad SMARTS) is 1. The van der Waals surface area contributed by atoms with Crippen LogP contribution in [-0.4, -0.2) is 58.6 Å². The smallest absolute Gasteiger partial charge is 0.317 e. The molecule has 0 atom stereocenters. The summed E-state index contributed by atoms with van der Waals surface area (Å²) in [7, 11) is 0. The van der Waals surface area contributed by atoms with Crippen molar-refractivity contribution >= 4 is 16.9 Å². The van der Waals surface area contributed by atoms with E-state index in [4.69, 9.17) is 5.11 Å². The summed E-state index contributed by atoms with van der Waals surface area (Å²) in [5.41, 5.74) is 2.30. The van der Waals surface area contributed by atoms with E-state index in [1.165, 1.54) is 10.9 Å². The van der Waals surface area contributed by atoms with Crippen LogP contribution in [0, 0.1) is 0 Å². The highest BCUT2D eigenvalue weighted by Gasteiger charge is 2.18. The summed E-state index contributed by atoms with van der Waals surface area (Å²) >= 11 is 0. The number of hydrogen-bond acceptors (Lipinski definition) is 4. The number of fused-ring (bicyclic) bond motifs is 1. The number of aromatic nitrogens is 1. The van der Waals surface area contributed by atoms with Crippen molar-refractivity contribution in [3.05, 3.63) is 42.1 Å².